The Morgan fingerprint density at radius 3 is 2.12 bits per heavy atom. The zero-order chi connectivity index (χ0) is 12.0. The van der Waals surface area contributed by atoms with Crippen LogP contribution < -0.4 is 0 Å². The van der Waals surface area contributed by atoms with Crippen LogP contribution in [0.5, 0.6) is 0 Å². The van der Waals surface area contributed by atoms with Crippen molar-refractivity contribution in [3.63, 3.8) is 0 Å². The van der Waals surface area contributed by atoms with Crippen molar-refractivity contribution in [1.82, 2.24) is 0 Å². The van der Waals surface area contributed by atoms with Gasteiger partial charge in [-0.3, -0.25) is 0 Å². The minimum atomic E-state index is 1.18. The molecule has 0 aliphatic carbocycles. The summed E-state index contributed by atoms with van der Waals surface area (Å²) >= 11 is 0. The van der Waals surface area contributed by atoms with Gasteiger partial charge in [0.05, 0.1) is 0 Å². The van der Waals surface area contributed by atoms with Crippen molar-refractivity contribution in [3.8, 4) is 0 Å². The smallest absolute Gasteiger partial charge is 0.0149 e. The van der Waals surface area contributed by atoms with Gasteiger partial charge in [0.2, 0.25) is 0 Å². The molecule has 0 spiro atoms. The highest BCUT2D eigenvalue weighted by atomic mass is 14.1. The summed E-state index contributed by atoms with van der Waals surface area (Å²) in [4.78, 5) is 0. The van der Waals surface area contributed by atoms with Gasteiger partial charge in [0, 0.05) is 0 Å². The Bertz CT molecular complexity index is 441. The average molecular weight is 214 g/mol. The van der Waals surface area contributed by atoms with Crippen LogP contribution in [0.15, 0.2) is 36.4 Å². The number of rotatable bonds is 2. The minimum Gasteiger partial charge on any atom is -0.0683 e. The van der Waals surface area contributed by atoms with Gasteiger partial charge in [0.15, 0.2) is 0 Å². The van der Waals surface area contributed by atoms with Crippen molar-refractivity contribution in [2.75, 3.05) is 0 Å². The van der Waals surface area contributed by atoms with E-state index in [-0.39, 0.29) is 0 Å². The SMILES string of the molecule is CC.CCCc1ccc(C)c2ccccc12. The fourth-order valence-electron chi connectivity index (χ4n) is 2.00. The fourth-order valence-corrected chi connectivity index (χ4v) is 2.00. The monoisotopic (exact) mass is 214 g/mol. The lowest BCUT2D eigenvalue weighted by Gasteiger charge is -2.07. The minimum absolute atomic E-state index is 1.18. The van der Waals surface area contributed by atoms with Crippen molar-refractivity contribution >= 4 is 10.8 Å². The molecule has 86 valence electrons. The lowest BCUT2D eigenvalue weighted by atomic mass is 9.98. The Kier molecular flexibility index (Phi) is 5.04. The normalized spacial score (nSPS) is 9.75. The van der Waals surface area contributed by atoms with Crippen LogP contribution in [0.1, 0.15) is 38.3 Å². The molecule has 16 heavy (non-hydrogen) atoms. The molecule has 2 aromatic rings. The maximum atomic E-state index is 2.27. The molecular weight excluding hydrogens is 192 g/mol. The van der Waals surface area contributed by atoms with Gasteiger partial charge in [-0.05, 0) is 35.2 Å². The molecule has 0 aliphatic heterocycles. The molecule has 0 nitrogen and oxygen atoms in total. The molecule has 0 saturated heterocycles. The van der Waals surface area contributed by atoms with Crippen LogP contribution in [0.2, 0.25) is 0 Å². The molecule has 0 amide bonds. The third-order valence-electron chi connectivity index (χ3n) is 2.75. The van der Waals surface area contributed by atoms with E-state index in [9.17, 15) is 0 Å². The first-order valence-electron chi connectivity index (χ1n) is 6.30. The van der Waals surface area contributed by atoms with Gasteiger partial charge >= 0.3 is 0 Å². The molecule has 0 aliphatic rings. The standard InChI is InChI=1S/C14H16.C2H6/c1-3-6-12-10-9-11(2)13-7-4-5-8-14(12)13;1-2/h4-5,7-10H,3,6H2,1-2H3;1-2H3. The summed E-state index contributed by atoms with van der Waals surface area (Å²) < 4.78 is 0. The zero-order valence-electron chi connectivity index (χ0n) is 10.9. The molecule has 0 aromatic heterocycles. The van der Waals surface area contributed by atoms with Crippen molar-refractivity contribution < 1.29 is 0 Å². The molecule has 0 N–H and O–H groups in total. The van der Waals surface area contributed by atoms with Gasteiger partial charge in [-0.2, -0.15) is 0 Å². The van der Waals surface area contributed by atoms with Crippen LogP contribution >= 0.6 is 0 Å². The van der Waals surface area contributed by atoms with Gasteiger partial charge < -0.3 is 0 Å². The van der Waals surface area contributed by atoms with E-state index in [0.717, 1.165) is 0 Å². The van der Waals surface area contributed by atoms with E-state index in [1.165, 1.54) is 34.7 Å². The molecule has 0 unspecified atom stereocenters. The van der Waals surface area contributed by atoms with Crippen molar-refractivity contribution in [2.24, 2.45) is 0 Å². The molecular formula is C16H22. The molecule has 0 saturated carbocycles. The largest absolute Gasteiger partial charge is 0.0683 e. The number of benzene rings is 2. The van der Waals surface area contributed by atoms with Crippen LogP contribution in [0, 0.1) is 6.92 Å². The van der Waals surface area contributed by atoms with Crippen molar-refractivity contribution in [3.05, 3.63) is 47.5 Å². The highest BCUT2D eigenvalue weighted by molar-refractivity contribution is 5.88. The molecule has 0 radical (unpaired) electrons. The molecule has 2 aromatic carbocycles. The first-order chi connectivity index (χ1) is 7.83. The Labute approximate surface area is 99.3 Å². The maximum Gasteiger partial charge on any atom is -0.0149 e. The van der Waals surface area contributed by atoms with E-state index in [1.54, 1.807) is 0 Å². The molecule has 0 fully saturated rings. The quantitative estimate of drug-likeness (QED) is 0.650. The highest BCUT2D eigenvalue weighted by Crippen LogP contribution is 2.23. The van der Waals surface area contributed by atoms with Crippen molar-refractivity contribution in [2.45, 2.75) is 40.5 Å². The summed E-state index contributed by atoms with van der Waals surface area (Å²) in [5.74, 6) is 0. The lowest BCUT2D eigenvalue weighted by molar-refractivity contribution is 0.929. The topological polar surface area (TPSA) is 0 Å². The van der Waals surface area contributed by atoms with E-state index >= 15 is 0 Å². The van der Waals surface area contributed by atoms with Crippen LogP contribution in [-0.4, -0.2) is 0 Å². The molecule has 2 rings (SSSR count). The number of hydrogen-bond donors (Lipinski definition) is 0. The van der Waals surface area contributed by atoms with Crippen LogP contribution in [0.3, 0.4) is 0 Å². The fraction of sp³-hybridized carbons (Fsp3) is 0.375. The van der Waals surface area contributed by atoms with Gasteiger partial charge in [0.25, 0.3) is 0 Å². The van der Waals surface area contributed by atoms with E-state index in [0.29, 0.717) is 0 Å². The van der Waals surface area contributed by atoms with E-state index < -0.39 is 0 Å². The second-order valence-electron chi connectivity index (χ2n) is 3.84. The number of aryl methyl sites for hydroxylation is 2. The van der Waals surface area contributed by atoms with Gasteiger partial charge in [-0.1, -0.05) is 63.6 Å². The van der Waals surface area contributed by atoms with Crippen LogP contribution in [-0.2, 0) is 6.42 Å². The maximum absolute atomic E-state index is 2.27. The van der Waals surface area contributed by atoms with Crippen LogP contribution in [0.4, 0.5) is 0 Å². The predicted octanol–water partition coefficient (Wildman–Crippen LogP) is 5.13. The lowest BCUT2D eigenvalue weighted by Crippen LogP contribution is -1.87. The molecule has 0 atom stereocenters. The van der Waals surface area contributed by atoms with E-state index in [1.807, 2.05) is 13.8 Å². The third kappa shape index (κ3) is 2.63. The van der Waals surface area contributed by atoms with Crippen LogP contribution in [0.25, 0.3) is 10.8 Å². The van der Waals surface area contributed by atoms with Crippen molar-refractivity contribution in [1.29, 1.82) is 0 Å². The second-order valence-corrected chi connectivity index (χ2v) is 3.84. The summed E-state index contributed by atoms with van der Waals surface area (Å²) in [5.41, 5.74) is 2.86. The third-order valence-corrected chi connectivity index (χ3v) is 2.75. The summed E-state index contributed by atoms with van der Waals surface area (Å²) in [6.07, 6.45) is 2.40. The first kappa shape index (κ1) is 12.8. The Balaban J connectivity index is 0.000000606. The number of fused-ring (bicyclic) bond motifs is 1. The summed E-state index contributed by atoms with van der Waals surface area (Å²) in [7, 11) is 0. The van der Waals surface area contributed by atoms with E-state index in [4.69, 9.17) is 0 Å². The Morgan fingerprint density at radius 2 is 1.50 bits per heavy atom. The Morgan fingerprint density at radius 1 is 0.875 bits per heavy atom. The van der Waals surface area contributed by atoms with Gasteiger partial charge in [0.1, 0.15) is 0 Å². The second kappa shape index (κ2) is 6.32. The van der Waals surface area contributed by atoms with E-state index in [2.05, 4.69) is 50.2 Å². The number of hydrogen-bond acceptors (Lipinski definition) is 0. The summed E-state index contributed by atoms with van der Waals surface area (Å²) in [6.45, 7) is 8.41. The zero-order valence-corrected chi connectivity index (χ0v) is 10.9. The summed E-state index contributed by atoms with van der Waals surface area (Å²) in [5, 5.41) is 2.83. The highest BCUT2D eigenvalue weighted by Gasteiger charge is 2.01. The average Bonchev–Trinajstić information content (AvgIpc) is 2.36. The molecule has 0 heterocycles. The van der Waals surface area contributed by atoms with Gasteiger partial charge in [-0.15, -0.1) is 0 Å². The molecule has 0 bridgehead atoms. The van der Waals surface area contributed by atoms with Gasteiger partial charge in [-0.25, -0.2) is 0 Å². The predicted molar refractivity (Wildman–Crippen MR) is 74.0 cm³/mol. The Hall–Kier alpha value is -1.30. The first-order valence-corrected chi connectivity index (χ1v) is 6.30. The molecule has 0 heteroatoms. The summed E-state index contributed by atoms with van der Waals surface area (Å²) in [6, 6.07) is 13.2.